The van der Waals surface area contributed by atoms with Crippen LogP contribution in [0.2, 0.25) is 0 Å². The molecule has 0 aromatic rings. The lowest BCUT2D eigenvalue weighted by molar-refractivity contribution is 0.107. The van der Waals surface area contributed by atoms with Gasteiger partial charge in [-0.25, -0.2) is 4.79 Å². The Morgan fingerprint density at radius 2 is 2.22 bits per heavy atom. The molecular formula is C3H8N2O2S2. The number of amides is 1. The normalized spacial score (nSPS) is 12.4. The topological polar surface area (TPSA) is 55.6 Å². The predicted octanol–water partition coefficient (Wildman–Crippen LogP) is 0.419. The molecular weight excluding hydrogens is 160 g/mol. The van der Waals surface area contributed by atoms with Gasteiger partial charge in [-0.05, 0) is 32.6 Å². The van der Waals surface area contributed by atoms with E-state index in [2.05, 4.69) is 30.4 Å². The van der Waals surface area contributed by atoms with Crippen molar-refractivity contribution in [3.63, 3.8) is 0 Å². The summed E-state index contributed by atoms with van der Waals surface area (Å²) in [4.78, 5) is 10.4. The number of ether oxygens (including phenoxy) is 1. The first kappa shape index (κ1) is 8.93. The Labute approximate surface area is 64.4 Å². The summed E-state index contributed by atoms with van der Waals surface area (Å²) in [6, 6.07) is 0. The lowest BCUT2D eigenvalue weighted by atomic mass is 10.7. The summed E-state index contributed by atoms with van der Waals surface area (Å²) in [5.41, 5.74) is 5.09. The molecule has 0 aliphatic rings. The van der Waals surface area contributed by atoms with E-state index >= 15 is 0 Å². The van der Waals surface area contributed by atoms with Crippen LogP contribution in [0.3, 0.4) is 0 Å². The molecule has 0 heterocycles. The third-order valence-corrected chi connectivity index (χ3v) is 0.777. The molecule has 0 rings (SSSR count). The number of thiol groups is 2. The molecule has 0 saturated carbocycles. The van der Waals surface area contributed by atoms with Crippen molar-refractivity contribution in [1.29, 1.82) is 0 Å². The van der Waals surface area contributed by atoms with Crippen LogP contribution in [0.5, 0.6) is 0 Å². The zero-order valence-electron chi connectivity index (χ0n) is 4.81. The van der Waals surface area contributed by atoms with Crippen LogP contribution >= 0.6 is 25.6 Å². The highest BCUT2D eigenvalue weighted by molar-refractivity contribution is 7.94. The van der Waals surface area contributed by atoms with Crippen LogP contribution in [0.25, 0.3) is 0 Å². The lowest BCUT2D eigenvalue weighted by Gasteiger charge is -2.10. The minimum Gasteiger partial charge on any atom is -0.430 e. The molecule has 0 fully saturated rings. The van der Waals surface area contributed by atoms with Crippen LogP contribution < -0.4 is 5.73 Å². The Kier molecular flexibility index (Phi) is 3.83. The summed E-state index contributed by atoms with van der Waals surface area (Å²) in [6.45, 7) is 1.53. The van der Waals surface area contributed by atoms with Gasteiger partial charge in [0.2, 0.25) is 0 Å². The fourth-order valence-electron chi connectivity index (χ4n) is 0.206. The number of hydrogen-bond donors (Lipinski definition) is 3. The van der Waals surface area contributed by atoms with Crippen molar-refractivity contribution >= 4 is 31.7 Å². The first-order valence-electron chi connectivity index (χ1n) is 2.18. The van der Waals surface area contributed by atoms with Crippen LogP contribution in [0, 0.1) is 0 Å². The number of carbonyl (C=O) groups excluding carboxylic acids is 1. The monoisotopic (exact) mass is 168 g/mol. The van der Waals surface area contributed by atoms with Gasteiger partial charge in [-0.1, -0.05) is 0 Å². The first-order chi connectivity index (χ1) is 4.04. The fourth-order valence-corrected chi connectivity index (χ4v) is 0.300. The van der Waals surface area contributed by atoms with Crippen LogP contribution in [0.15, 0.2) is 0 Å². The molecule has 0 radical (unpaired) electrons. The van der Waals surface area contributed by atoms with Gasteiger partial charge in [-0.2, -0.15) is 3.71 Å². The molecule has 0 spiro atoms. The third kappa shape index (κ3) is 4.43. The summed E-state index contributed by atoms with van der Waals surface area (Å²) < 4.78 is 5.14. The average molecular weight is 168 g/mol. The first-order valence-corrected chi connectivity index (χ1v) is 2.98. The van der Waals surface area contributed by atoms with Crippen molar-refractivity contribution in [3.8, 4) is 0 Å². The molecule has 0 aliphatic carbocycles. The van der Waals surface area contributed by atoms with Crippen molar-refractivity contribution in [3.05, 3.63) is 0 Å². The van der Waals surface area contributed by atoms with Crippen molar-refractivity contribution in [2.75, 3.05) is 0 Å². The van der Waals surface area contributed by atoms with Gasteiger partial charge in [0.25, 0.3) is 0 Å². The van der Waals surface area contributed by atoms with E-state index in [0.717, 1.165) is 0 Å². The number of rotatable bonds is 1. The van der Waals surface area contributed by atoms with E-state index in [1.165, 1.54) is 6.92 Å². The van der Waals surface area contributed by atoms with Crippen LogP contribution in [-0.2, 0) is 4.74 Å². The second kappa shape index (κ2) is 3.86. The van der Waals surface area contributed by atoms with Crippen molar-refractivity contribution < 1.29 is 9.53 Å². The molecule has 1 unspecified atom stereocenters. The number of nitrogens with zero attached hydrogens (tertiary/aromatic N) is 1. The van der Waals surface area contributed by atoms with Crippen molar-refractivity contribution in [2.24, 2.45) is 5.73 Å². The maximum Gasteiger partial charge on any atom is 0.431 e. The lowest BCUT2D eigenvalue weighted by Crippen LogP contribution is -2.26. The van der Waals surface area contributed by atoms with Gasteiger partial charge < -0.3 is 4.74 Å². The molecule has 1 atom stereocenters. The minimum absolute atomic E-state index is 0.626. The van der Waals surface area contributed by atoms with Gasteiger partial charge in [0.15, 0.2) is 0 Å². The Morgan fingerprint density at radius 3 is 2.33 bits per heavy atom. The summed E-state index contributed by atoms with van der Waals surface area (Å²) >= 11 is 7.07. The largest absolute Gasteiger partial charge is 0.431 e. The van der Waals surface area contributed by atoms with E-state index in [1.54, 1.807) is 0 Å². The van der Waals surface area contributed by atoms with E-state index in [-0.39, 0.29) is 0 Å². The van der Waals surface area contributed by atoms with Gasteiger partial charge in [0, 0.05) is 0 Å². The predicted molar refractivity (Wildman–Crippen MR) is 39.9 cm³/mol. The summed E-state index contributed by atoms with van der Waals surface area (Å²) in [5.74, 6) is 0. The van der Waals surface area contributed by atoms with E-state index in [9.17, 15) is 4.79 Å². The molecule has 2 N–H and O–H groups in total. The van der Waals surface area contributed by atoms with Gasteiger partial charge in [-0.3, -0.25) is 5.73 Å². The van der Waals surface area contributed by atoms with Gasteiger partial charge >= 0.3 is 6.09 Å². The quantitative estimate of drug-likeness (QED) is 0.393. The molecule has 0 aliphatic heterocycles. The molecule has 0 saturated heterocycles. The summed E-state index contributed by atoms with van der Waals surface area (Å²) in [5, 5.41) is 0. The van der Waals surface area contributed by atoms with Crippen LogP contribution in [0.1, 0.15) is 6.92 Å². The number of hydrogen-bond acceptors (Lipinski definition) is 5. The van der Waals surface area contributed by atoms with Gasteiger partial charge in [-0.15, -0.1) is 0 Å². The maximum atomic E-state index is 10.4. The average Bonchev–Trinajstić information content (AvgIpc) is 1.63. The smallest absolute Gasteiger partial charge is 0.430 e. The summed E-state index contributed by atoms with van der Waals surface area (Å²) in [6.07, 6.45) is -1.31. The fraction of sp³-hybridized carbons (Fsp3) is 0.667. The Morgan fingerprint density at radius 1 is 1.78 bits per heavy atom. The maximum absolute atomic E-state index is 10.4. The van der Waals surface area contributed by atoms with Gasteiger partial charge in [0.1, 0.15) is 6.23 Å². The number of carbonyl (C=O) groups is 1. The standard InChI is InChI=1S/C3H8N2O2S2/c1-2(4)7-3(6)5(8)9/h2,8-9H,4H2,1H3. The molecule has 0 aromatic heterocycles. The van der Waals surface area contributed by atoms with E-state index in [4.69, 9.17) is 5.73 Å². The minimum atomic E-state index is -0.684. The molecule has 1 amide bonds. The molecule has 0 bridgehead atoms. The highest BCUT2D eigenvalue weighted by Crippen LogP contribution is 2.00. The third-order valence-electron chi connectivity index (χ3n) is 0.450. The van der Waals surface area contributed by atoms with E-state index in [0.29, 0.717) is 3.71 Å². The zero-order valence-corrected chi connectivity index (χ0v) is 6.60. The van der Waals surface area contributed by atoms with E-state index in [1.807, 2.05) is 0 Å². The molecule has 54 valence electrons. The second-order valence-electron chi connectivity index (χ2n) is 1.38. The molecule has 4 nitrogen and oxygen atoms in total. The SMILES string of the molecule is CC(N)OC(=O)N(S)S. The van der Waals surface area contributed by atoms with Crippen LogP contribution in [0.4, 0.5) is 4.79 Å². The van der Waals surface area contributed by atoms with Crippen LogP contribution in [-0.4, -0.2) is 16.0 Å². The van der Waals surface area contributed by atoms with E-state index < -0.39 is 12.3 Å². The highest BCUT2D eigenvalue weighted by atomic mass is 32.2. The Hall–Kier alpha value is -0.0700. The van der Waals surface area contributed by atoms with Crippen molar-refractivity contribution in [1.82, 2.24) is 3.71 Å². The summed E-state index contributed by atoms with van der Waals surface area (Å²) in [7, 11) is 0. The molecule has 9 heavy (non-hydrogen) atoms. The Balaban J connectivity index is 3.51. The zero-order chi connectivity index (χ0) is 7.44. The molecule has 0 aromatic carbocycles. The Bertz CT molecular complexity index is 106. The number of nitrogens with two attached hydrogens (primary N) is 1. The van der Waals surface area contributed by atoms with Gasteiger partial charge in [0.05, 0.1) is 0 Å². The highest BCUT2D eigenvalue weighted by Gasteiger charge is 2.07. The second-order valence-corrected chi connectivity index (χ2v) is 2.49. The molecule has 6 heteroatoms. The van der Waals surface area contributed by atoms with Crippen molar-refractivity contribution in [2.45, 2.75) is 13.2 Å².